The SMILES string of the molecule is CC1CCN(c2cc(N3CCC(C)CC3)nc(NC(=S)NC(C)(C)C)n2)CC1. The van der Waals surface area contributed by atoms with Gasteiger partial charge in [-0.2, -0.15) is 9.97 Å². The topological polar surface area (TPSA) is 56.3 Å². The largest absolute Gasteiger partial charge is 0.358 e. The first-order valence-electron chi connectivity index (χ1n) is 10.7. The van der Waals surface area contributed by atoms with Crippen LogP contribution in [0.15, 0.2) is 6.07 Å². The standard InChI is InChI=1S/C21H36N6S/c1-15-6-10-26(11-7-15)17-14-18(27-12-8-16(2)9-13-27)23-19(22-17)24-20(28)25-21(3,4)5/h14-16H,6-13H2,1-5H3,(H2,22,23,24,25,28). The molecule has 0 radical (unpaired) electrons. The van der Waals surface area contributed by atoms with E-state index in [1.165, 1.54) is 25.7 Å². The van der Waals surface area contributed by atoms with Crippen LogP contribution in [0.2, 0.25) is 0 Å². The van der Waals surface area contributed by atoms with E-state index < -0.39 is 0 Å². The third-order valence-electron chi connectivity index (χ3n) is 5.63. The lowest BCUT2D eigenvalue weighted by Crippen LogP contribution is -2.43. The summed E-state index contributed by atoms with van der Waals surface area (Å²) < 4.78 is 0. The summed E-state index contributed by atoms with van der Waals surface area (Å²) in [5.74, 6) is 4.20. The van der Waals surface area contributed by atoms with Gasteiger partial charge in [-0.3, -0.25) is 0 Å². The fourth-order valence-electron chi connectivity index (χ4n) is 3.75. The molecule has 0 amide bonds. The van der Waals surface area contributed by atoms with Crippen LogP contribution in [0, 0.1) is 11.8 Å². The second-order valence-corrected chi connectivity index (χ2v) is 9.98. The molecule has 1 aromatic rings. The van der Waals surface area contributed by atoms with Crippen molar-refractivity contribution >= 4 is 34.9 Å². The van der Waals surface area contributed by atoms with Crippen LogP contribution in [0.5, 0.6) is 0 Å². The van der Waals surface area contributed by atoms with E-state index in [0.717, 1.165) is 49.7 Å². The van der Waals surface area contributed by atoms with Gasteiger partial charge in [-0.25, -0.2) is 0 Å². The van der Waals surface area contributed by atoms with Gasteiger partial charge in [0.25, 0.3) is 0 Å². The van der Waals surface area contributed by atoms with Crippen molar-refractivity contribution < 1.29 is 0 Å². The van der Waals surface area contributed by atoms with Crippen molar-refractivity contribution in [3.63, 3.8) is 0 Å². The Labute approximate surface area is 175 Å². The molecule has 7 heteroatoms. The second kappa shape index (κ2) is 8.80. The van der Waals surface area contributed by atoms with Crippen molar-refractivity contribution in [3.8, 4) is 0 Å². The smallest absolute Gasteiger partial charge is 0.232 e. The first-order valence-corrected chi connectivity index (χ1v) is 11.1. The van der Waals surface area contributed by atoms with E-state index in [-0.39, 0.29) is 5.54 Å². The Balaban J connectivity index is 1.82. The Bertz CT molecular complexity index is 630. The van der Waals surface area contributed by atoms with E-state index in [4.69, 9.17) is 22.2 Å². The highest BCUT2D eigenvalue weighted by atomic mass is 32.1. The van der Waals surface area contributed by atoms with Crippen molar-refractivity contribution in [1.29, 1.82) is 0 Å². The van der Waals surface area contributed by atoms with Crippen LogP contribution < -0.4 is 20.4 Å². The number of nitrogens with one attached hydrogen (secondary N) is 2. The summed E-state index contributed by atoms with van der Waals surface area (Å²) in [6.07, 6.45) is 4.86. The molecule has 3 rings (SSSR count). The molecular weight excluding hydrogens is 368 g/mol. The minimum atomic E-state index is -0.101. The predicted octanol–water partition coefficient (Wildman–Crippen LogP) is 4.03. The molecule has 2 fully saturated rings. The zero-order chi connectivity index (χ0) is 20.3. The van der Waals surface area contributed by atoms with Crippen LogP contribution in [0.1, 0.15) is 60.3 Å². The molecule has 6 nitrogen and oxygen atoms in total. The molecule has 0 saturated carbocycles. The van der Waals surface area contributed by atoms with Gasteiger partial charge >= 0.3 is 0 Å². The number of hydrogen-bond acceptors (Lipinski definition) is 5. The van der Waals surface area contributed by atoms with Crippen molar-refractivity contribution in [2.45, 2.75) is 65.8 Å². The third kappa shape index (κ3) is 5.93. The first kappa shape index (κ1) is 21.1. The Morgan fingerprint density at radius 2 is 1.36 bits per heavy atom. The van der Waals surface area contributed by atoms with E-state index in [1.807, 2.05) is 0 Å². The number of hydrogen-bond donors (Lipinski definition) is 2. The van der Waals surface area contributed by atoms with Crippen LogP contribution in [-0.4, -0.2) is 46.8 Å². The second-order valence-electron chi connectivity index (χ2n) is 9.58. The molecule has 2 aliphatic rings. The zero-order valence-electron chi connectivity index (χ0n) is 18.1. The molecule has 0 spiro atoms. The first-order chi connectivity index (χ1) is 13.2. The molecule has 2 N–H and O–H groups in total. The molecular formula is C21H36N6S. The van der Waals surface area contributed by atoms with Crippen molar-refractivity contribution in [2.75, 3.05) is 41.3 Å². The number of piperidine rings is 2. The minimum absolute atomic E-state index is 0.101. The summed E-state index contributed by atoms with van der Waals surface area (Å²) >= 11 is 5.49. The normalized spacial score (nSPS) is 19.6. The maximum Gasteiger partial charge on any atom is 0.232 e. The molecule has 0 aliphatic carbocycles. The molecule has 2 saturated heterocycles. The Kier molecular flexibility index (Phi) is 6.63. The number of aromatic nitrogens is 2. The van der Waals surface area contributed by atoms with E-state index in [0.29, 0.717) is 11.1 Å². The quantitative estimate of drug-likeness (QED) is 0.738. The molecule has 156 valence electrons. The monoisotopic (exact) mass is 404 g/mol. The lowest BCUT2D eigenvalue weighted by Gasteiger charge is -2.34. The third-order valence-corrected chi connectivity index (χ3v) is 5.83. The van der Waals surface area contributed by atoms with E-state index in [9.17, 15) is 0 Å². The van der Waals surface area contributed by atoms with Gasteiger partial charge in [-0.15, -0.1) is 0 Å². The zero-order valence-corrected chi connectivity index (χ0v) is 18.9. The van der Waals surface area contributed by atoms with Gasteiger partial charge in [0.2, 0.25) is 5.95 Å². The number of anilines is 3. The van der Waals surface area contributed by atoms with Crippen molar-refractivity contribution in [2.24, 2.45) is 11.8 Å². The van der Waals surface area contributed by atoms with Gasteiger partial charge in [0.05, 0.1) is 0 Å². The van der Waals surface area contributed by atoms with Crippen LogP contribution >= 0.6 is 12.2 Å². The highest BCUT2D eigenvalue weighted by molar-refractivity contribution is 7.80. The summed E-state index contributed by atoms with van der Waals surface area (Å²) in [5, 5.41) is 7.08. The summed E-state index contributed by atoms with van der Waals surface area (Å²) in [6, 6.07) is 2.16. The highest BCUT2D eigenvalue weighted by Crippen LogP contribution is 2.28. The van der Waals surface area contributed by atoms with Gasteiger partial charge in [0.1, 0.15) is 11.6 Å². The van der Waals surface area contributed by atoms with Gasteiger partial charge in [0.15, 0.2) is 5.11 Å². The molecule has 0 atom stereocenters. The molecule has 3 heterocycles. The predicted molar refractivity (Wildman–Crippen MR) is 122 cm³/mol. The van der Waals surface area contributed by atoms with Crippen LogP contribution in [0.3, 0.4) is 0 Å². The number of rotatable bonds is 3. The Morgan fingerprint density at radius 1 is 0.929 bits per heavy atom. The minimum Gasteiger partial charge on any atom is -0.358 e. The molecule has 28 heavy (non-hydrogen) atoms. The maximum atomic E-state index is 5.49. The van der Waals surface area contributed by atoms with Gasteiger partial charge in [0, 0.05) is 37.8 Å². The van der Waals surface area contributed by atoms with E-state index >= 15 is 0 Å². The average molecular weight is 405 g/mol. The molecule has 2 aliphatic heterocycles. The van der Waals surface area contributed by atoms with Crippen LogP contribution in [-0.2, 0) is 0 Å². The summed E-state index contributed by atoms with van der Waals surface area (Å²) in [5.41, 5.74) is -0.101. The van der Waals surface area contributed by atoms with E-state index in [1.54, 1.807) is 0 Å². The number of thiocarbonyl (C=S) groups is 1. The Hall–Kier alpha value is -1.63. The van der Waals surface area contributed by atoms with E-state index in [2.05, 4.69) is 61.1 Å². The average Bonchev–Trinajstić information content (AvgIpc) is 2.61. The van der Waals surface area contributed by atoms with Gasteiger partial charge in [-0.05, 0) is 70.5 Å². The lowest BCUT2D eigenvalue weighted by molar-refractivity contribution is 0.433. The fourth-order valence-corrected chi connectivity index (χ4v) is 4.15. The van der Waals surface area contributed by atoms with Crippen molar-refractivity contribution in [1.82, 2.24) is 15.3 Å². The number of nitrogens with zero attached hydrogens (tertiary/aromatic N) is 4. The van der Waals surface area contributed by atoms with Crippen molar-refractivity contribution in [3.05, 3.63) is 6.07 Å². The highest BCUT2D eigenvalue weighted by Gasteiger charge is 2.22. The molecule has 0 aromatic carbocycles. The summed E-state index contributed by atoms with van der Waals surface area (Å²) in [6.45, 7) is 15.2. The Morgan fingerprint density at radius 3 is 1.75 bits per heavy atom. The summed E-state index contributed by atoms with van der Waals surface area (Å²) in [4.78, 5) is 14.4. The van der Waals surface area contributed by atoms with Crippen LogP contribution in [0.4, 0.5) is 17.6 Å². The molecule has 1 aromatic heterocycles. The van der Waals surface area contributed by atoms with Gasteiger partial charge < -0.3 is 20.4 Å². The molecule has 0 bridgehead atoms. The maximum absolute atomic E-state index is 5.49. The van der Waals surface area contributed by atoms with Gasteiger partial charge in [-0.1, -0.05) is 13.8 Å². The summed E-state index contributed by atoms with van der Waals surface area (Å²) in [7, 11) is 0. The lowest BCUT2D eigenvalue weighted by atomic mass is 9.99. The fraction of sp³-hybridized carbons (Fsp3) is 0.762. The van der Waals surface area contributed by atoms with Crippen LogP contribution in [0.25, 0.3) is 0 Å². The molecule has 0 unspecified atom stereocenters.